The lowest BCUT2D eigenvalue weighted by molar-refractivity contribution is -0.118. The smallest absolute Gasteiger partial charge is 0.234 e. The monoisotopic (exact) mass is 348 g/mol. The SMILES string of the molecule is Cc1ccc(NC(=O)CSCC(=O)NCCCC2CCCC2)cc1. The normalized spacial score (nSPS) is 14.5. The van der Waals surface area contributed by atoms with Gasteiger partial charge in [-0.25, -0.2) is 0 Å². The van der Waals surface area contributed by atoms with Crippen LogP contribution < -0.4 is 10.6 Å². The average Bonchev–Trinajstić information content (AvgIpc) is 3.07. The quantitative estimate of drug-likeness (QED) is 0.668. The molecule has 4 nitrogen and oxygen atoms in total. The van der Waals surface area contributed by atoms with Crippen molar-refractivity contribution in [1.29, 1.82) is 0 Å². The van der Waals surface area contributed by atoms with Crippen LogP contribution in [0.15, 0.2) is 24.3 Å². The molecule has 0 unspecified atom stereocenters. The Morgan fingerprint density at radius 3 is 2.46 bits per heavy atom. The number of benzene rings is 1. The second-order valence-electron chi connectivity index (χ2n) is 6.55. The third-order valence-corrected chi connectivity index (χ3v) is 5.32. The van der Waals surface area contributed by atoms with Crippen molar-refractivity contribution in [2.24, 2.45) is 5.92 Å². The number of carbonyl (C=O) groups is 2. The first-order valence-corrected chi connectivity index (χ1v) is 10.00. The second-order valence-corrected chi connectivity index (χ2v) is 7.54. The van der Waals surface area contributed by atoms with Crippen molar-refractivity contribution in [2.45, 2.75) is 45.4 Å². The van der Waals surface area contributed by atoms with E-state index in [0.29, 0.717) is 11.5 Å². The van der Waals surface area contributed by atoms with Crippen molar-refractivity contribution < 1.29 is 9.59 Å². The van der Waals surface area contributed by atoms with Crippen molar-refractivity contribution in [3.05, 3.63) is 29.8 Å². The van der Waals surface area contributed by atoms with Gasteiger partial charge in [0.2, 0.25) is 11.8 Å². The molecule has 1 aromatic rings. The van der Waals surface area contributed by atoms with Crippen molar-refractivity contribution >= 4 is 29.3 Å². The van der Waals surface area contributed by atoms with E-state index in [4.69, 9.17) is 0 Å². The molecule has 2 rings (SSSR count). The van der Waals surface area contributed by atoms with Gasteiger partial charge in [0, 0.05) is 12.2 Å². The summed E-state index contributed by atoms with van der Waals surface area (Å²) in [6, 6.07) is 7.69. The predicted octanol–water partition coefficient (Wildman–Crippen LogP) is 3.75. The summed E-state index contributed by atoms with van der Waals surface area (Å²) in [4.78, 5) is 23.6. The van der Waals surface area contributed by atoms with E-state index in [2.05, 4.69) is 10.6 Å². The lowest BCUT2D eigenvalue weighted by atomic mass is 10.0. The van der Waals surface area contributed by atoms with E-state index in [-0.39, 0.29) is 11.8 Å². The van der Waals surface area contributed by atoms with Crippen LogP contribution >= 0.6 is 11.8 Å². The van der Waals surface area contributed by atoms with E-state index >= 15 is 0 Å². The number of nitrogens with one attached hydrogen (secondary N) is 2. The fourth-order valence-corrected chi connectivity index (χ4v) is 3.69. The minimum Gasteiger partial charge on any atom is -0.355 e. The Morgan fingerprint density at radius 2 is 1.75 bits per heavy atom. The summed E-state index contributed by atoms with van der Waals surface area (Å²) in [5.41, 5.74) is 1.95. The number of amides is 2. The van der Waals surface area contributed by atoms with Gasteiger partial charge in [0.1, 0.15) is 0 Å². The molecule has 0 aliphatic heterocycles. The average molecular weight is 349 g/mol. The summed E-state index contributed by atoms with van der Waals surface area (Å²) >= 11 is 1.35. The zero-order valence-electron chi connectivity index (χ0n) is 14.5. The minimum atomic E-state index is -0.0714. The topological polar surface area (TPSA) is 58.2 Å². The number of thioether (sulfide) groups is 1. The highest BCUT2D eigenvalue weighted by Gasteiger charge is 2.14. The predicted molar refractivity (Wildman–Crippen MR) is 101 cm³/mol. The molecule has 0 atom stereocenters. The molecular weight excluding hydrogens is 320 g/mol. The van der Waals surface area contributed by atoms with E-state index in [9.17, 15) is 9.59 Å². The van der Waals surface area contributed by atoms with Crippen LogP contribution in [-0.2, 0) is 9.59 Å². The minimum absolute atomic E-state index is 0.0227. The number of hydrogen-bond acceptors (Lipinski definition) is 3. The van der Waals surface area contributed by atoms with Crippen molar-refractivity contribution in [1.82, 2.24) is 5.32 Å². The summed E-state index contributed by atoms with van der Waals surface area (Å²) in [6.07, 6.45) is 7.76. The Balaban J connectivity index is 1.50. The first kappa shape index (κ1) is 18.8. The first-order valence-electron chi connectivity index (χ1n) is 8.84. The lowest BCUT2D eigenvalue weighted by Crippen LogP contribution is -2.27. The van der Waals surface area contributed by atoms with Gasteiger partial charge in [-0.15, -0.1) is 11.8 Å². The zero-order valence-corrected chi connectivity index (χ0v) is 15.3. The molecule has 5 heteroatoms. The summed E-state index contributed by atoms with van der Waals surface area (Å²) in [5.74, 6) is 1.46. The third-order valence-electron chi connectivity index (χ3n) is 4.39. The van der Waals surface area contributed by atoms with E-state index < -0.39 is 0 Å². The number of anilines is 1. The highest BCUT2D eigenvalue weighted by atomic mass is 32.2. The molecule has 1 saturated carbocycles. The van der Waals surface area contributed by atoms with Crippen LogP contribution in [0.4, 0.5) is 5.69 Å². The molecule has 1 fully saturated rings. The Morgan fingerprint density at radius 1 is 1.08 bits per heavy atom. The molecule has 0 aromatic heterocycles. The van der Waals surface area contributed by atoms with Crippen LogP contribution in [0.1, 0.15) is 44.1 Å². The van der Waals surface area contributed by atoms with Crippen LogP contribution in [0.25, 0.3) is 0 Å². The molecule has 0 spiro atoms. The number of rotatable bonds is 9. The van der Waals surface area contributed by atoms with Gasteiger partial charge in [-0.3, -0.25) is 9.59 Å². The van der Waals surface area contributed by atoms with E-state index in [1.54, 1.807) is 0 Å². The summed E-state index contributed by atoms with van der Waals surface area (Å²) in [5, 5.41) is 5.78. The molecule has 1 aliphatic rings. The van der Waals surface area contributed by atoms with Crippen molar-refractivity contribution in [3.8, 4) is 0 Å². The number of aryl methyl sites for hydroxylation is 1. The lowest BCUT2D eigenvalue weighted by Gasteiger charge is -2.09. The molecule has 24 heavy (non-hydrogen) atoms. The van der Waals surface area contributed by atoms with E-state index in [1.807, 2.05) is 31.2 Å². The van der Waals surface area contributed by atoms with Crippen molar-refractivity contribution in [3.63, 3.8) is 0 Å². The summed E-state index contributed by atoms with van der Waals surface area (Å²) < 4.78 is 0. The van der Waals surface area contributed by atoms with Crippen LogP contribution in [0.3, 0.4) is 0 Å². The Hall–Kier alpha value is -1.49. The molecule has 0 radical (unpaired) electrons. The van der Waals surface area contributed by atoms with Gasteiger partial charge in [-0.05, 0) is 37.8 Å². The molecule has 2 amide bonds. The van der Waals surface area contributed by atoms with Gasteiger partial charge in [-0.2, -0.15) is 0 Å². The maximum Gasteiger partial charge on any atom is 0.234 e. The van der Waals surface area contributed by atoms with Gasteiger partial charge < -0.3 is 10.6 Å². The van der Waals surface area contributed by atoms with Gasteiger partial charge in [0.05, 0.1) is 11.5 Å². The highest BCUT2D eigenvalue weighted by Crippen LogP contribution is 2.28. The molecule has 1 aliphatic carbocycles. The molecular formula is C19H28N2O2S. The van der Waals surface area contributed by atoms with Gasteiger partial charge in [0.25, 0.3) is 0 Å². The van der Waals surface area contributed by atoms with Gasteiger partial charge in [0.15, 0.2) is 0 Å². The zero-order chi connectivity index (χ0) is 17.2. The Labute approximate surface area is 149 Å². The largest absolute Gasteiger partial charge is 0.355 e. The number of hydrogen-bond donors (Lipinski definition) is 2. The Kier molecular flexibility index (Phi) is 8.16. The van der Waals surface area contributed by atoms with Crippen LogP contribution in [0, 0.1) is 12.8 Å². The third kappa shape index (κ3) is 7.39. The standard InChI is InChI=1S/C19H28N2O2S/c1-15-8-10-17(11-9-15)21-19(23)14-24-13-18(22)20-12-4-7-16-5-2-3-6-16/h8-11,16H,2-7,12-14H2,1H3,(H,20,22)(H,21,23). The fourth-order valence-electron chi connectivity index (χ4n) is 3.04. The molecule has 0 saturated heterocycles. The highest BCUT2D eigenvalue weighted by molar-refractivity contribution is 8.00. The van der Waals surface area contributed by atoms with E-state index in [0.717, 1.165) is 30.1 Å². The maximum absolute atomic E-state index is 11.8. The van der Waals surface area contributed by atoms with Crippen LogP contribution in [-0.4, -0.2) is 29.9 Å². The molecule has 132 valence electrons. The molecule has 0 bridgehead atoms. The second kappa shape index (κ2) is 10.4. The summed E-state index contributed by atoms with van der Waals surface area (Å²) in [6.45, 7) is 2.76. The van der Waals surface area contributed by atoms with Crippen LogP contribution in [0.5, 0.6) is 0 Å². The van der Waals surface area contributed by atoms with E-state index in [1.165, 1.54) is 43.9 Å². The molecule has 0 heterocycles. The van der Waals surface area contributed by atoms with Crippen LogP contribution in [0.2, 0.25) is 0 Å². The first-order chi connectivity index (χ1) is 11.6. The molecule has 2 N–H and O–H groups in total. The molecule has 1 aromatic carbocycles. The van der Waals surface area contributed by atoms with Gasteiger partial charge >= 0.3 is 0 Å². The fraction of sp³-hybridized carbons (Fsp3) is 0.579. The summed E-state index contributed by atoms with van der Waals surface area (Å²) in [7, 11) is 0. The maximum atomic E-state index is 11.8. The van der Waals surface area contributed by atoms with Crippen molar-refractivity contribution in [2.75, 3.05) is 23.4 Å². The Bertz CT molecular complexity index is 525. The van der Waals surface area contributed by atoms with Gasteiger partial charge in [-0.1, -0.05) is 43.4 Å². The number of carbonyl (C=O) groups excluding carboxylic acids is 2.